The molecule has 0 spiro atoms. The Bertz CT molecular complexity index is 1340. The first kappa shape index (κ1) is 25.4. The lowest BCUT2D eigenvalue weighted by Gasteiger charge is -2.21. The van der Waals surface area contributed by atoms with Crippen molar-refractivity contribution in [1.82, 2.24) is 15.0 Å². The second kappa shape index (κ2) is 11.8. The van der Waals surface area contributed by atoms with Crippen molar-refractivity contribution in [2.24, 2.45) is 0 Å². The highest BCUT2D eigenvalue weighted by Gasteiger charge is 2.28. The zero-order valence-corrected chi connectivity index (χ0v) is 20.9. The van der Waals surface area contributed by atoms with E-state index in [-0.39, 0.29) is 5.56 Å². The van der Waals surface area contributed by atoms with Crippen molar-refractivity contribution in [2.75, 3.05) is 23.7 Å². The molecule has 2 aromatic carbocycles. The highest BCUT2D eigenvalue weighted by molar-refractivity contribution is 7.85. The van der Waals surface area contributed by atoms with Crippen LogP contribution in [0.1, 0.15) is 33.9 Å². The van der Waals surface area contributed by atoms with E-state index in [1.807, 2.05) is 26.0 Å². The van der Waals surface area contributed by atoms with Gasteiger partial charge in [-0.3, -0.25) is 4.21 Å². The van der Waals surface area contributed by atoms with Crippen LogP contribution in [-0.4, -0.2) is 32.3 Å². The summed E-state index contributed by atoms with van der Waals surface area (Å²) in [4.78, 5) is 13.2. The maximum Gasteiger partial charge on any atom is 0.222 e. The molecule has 0 aliphatic rings. The normalized spacial score (nSPS) is 12.7. The SMILES string of the molecule is Cc1ccc(S(=O)C(c2cc(NCCCNc3ncccn3)ncc2C)c2cc(F)ccc2F)cc1. The fraction of sp³-hybridized carbons (Fsp3) is 0.222. The molecular formula is C27H27F2N5OS. The molecule has 9 heteroatoms. The van der Waals surface area contributed by atoms with E-state index in [1.54, 1.807) is 42.9 Å². The number of aromatic nitrogens is 3. The lowest BCUT2D eigenvalue weighted by molar-refractivity contribution is 0.585. The lowest BCUT2D eigenvalue weighted by Crippen LogP contribution is -2.15. The number of aryl methyl sites for hydroxylation is 2. The minimum Gasteiger partial charge on any atom is -0.370 e. The largest absolute Gasteiger partial charge is 0.370 e. The summed E-state index contributed by atoms with van der Waals surface area (Å²) in [5.41, 5.74) is 2.41. The molecule has 2 N–H and O–H groups in total. The third-order valence-electron chi connectivity index (χ3n) is 5.64. The summed E-state index contributed by atoms with van der Waals surface area (Å²) >= 11 is 0. The Morgan fingerprint density at radius 2 is 1.61 bits per heavy atom. The molecule has 186 valence electrons. The molecule has 2 unspecified atom stereocenters. The Hall–Kier alpha value is -3.72. The molecule has 0 saturated heterocycles. The molecule has 0 radical (unpaired) electrons. The van der Waals surface area contributed by atoms with Crippen LogP contribution in [0, 0.1) is 25.5 Å². The van der Waals surface area contributed by atoms with Gasteiger partial charge in [-0.1, -0.05) is 17.7 Å². The number of hydrogen-bond donors (Lipinski definition) is 2. The fourth-order valence-electron chi connectivity index (χ4n) is 3.74. The molecule has 4 rings (SSSR count). The van der Waals surface area contributed by atoms with Gasteiger partial charge in [0.2, 0.25) is 5.95 Å². The molecule has 6 nitrogen and oxygen atoms in total. The second-order valence-electron chi connectivity index (χ2n) is 8.36. The van der Waals surface area contributed by atoms with E-state index < -0.39 is 27.7 Å². The Morgan fingerprint density at radius 1 is 0.889 bits per heavy atom. The fourth-order valence-corrected chi connectivity index (χ4v) is 5.31. The summed E-state index contributed by atoms with van der Waals surface area (Å²) in [7, 11) is -1.68. The molecule has 0 saturated carbocycles. The average Bonchev–Trinajstić information content (AvgIpc) is 2.88. The van der Waals surface area contributed by atoms with E-state index >= 15 is 0 Å². The molecular weight excluding hydrogens is 480 g/mol. The van der Waals surface area contributed by atoms with Gasteiger partial charge in [-0.25, -0.2) is 23.7 Å². The van der Waals surface area contributed by atoms with Gasteiger partial charge in [0, 0.05) is 42.1 Å². The van der Waals surface area contributed by atoms with Gasteiger partial charge < -0.3 is 10.6 Å². The predicted octanol–water partition coefficient (Wildman–Crippen LogP) is 5.58. The van der Waals surface area contributed by atoms with Gasteiger partial charge >= 0.3 is 0 Å². The Kier molecular flexibility index (Phi) is 8.32. The predicted molar refractivity (Wildman–Crippen MR) is 138 cm³/mol. The number of pyridine rings is 1. The van der Waals surface area contributed by atoms with Gasteiger partial charge in [-0.2, -0.15) is 0 Å². The minimum absolute atomic E-state index is 0.0428. The summed E-state index contributed by atoms with van der Waals surface area (Å²) in [5, 5.41) is 5.48. The van der Waals surface area contributed by atoms with Crippen LogP contribution in [0.2, 0.25) is 0 Å². The van der Waals surface area contributed by atoms with Crippen molar-refractivity contribution in [3.8, 4) is 0 Å². The van der Waals surface area contributed by atoms with Crippen molar-refractivity contribution < 1.29 is 13.0 Å². The first-order valence-electron chi connectivity index (χ1n) is 11.6. The summed E-state index contributed by atoms with van der Waals surface area (Å²) in [6.45, 7) is 5.02. The molecule has 4 aromatic rings. The maximum absolute atomic E-state index is 15.0. The summed E-state index contributed by atoms with van der Waals surface area (Å²) in [6, 6.07) is 14.0. The highest BCUT2D eigenvalue weighted by atomic mass is 32.2. The number of benzene rings is 2. The number of anilines is 2. The zero-order valence-electron chi connectivity index (χ0n) is 20.0. The van der Waals surface area contributed by atoms with Crippen molar-refractivity contribution in [3.63, 3.8) is 0 Å². The van der Waals surface area contributed by atoms with Crippen LogP contribution in [-0.2, 0) is 10.8 Å². The smallest absolute Gasteiger partial charge is 0.222 e. The first-order valence-corrected chi connectivity index (χ1v) is 12.8. The van der Waals surface area contributed by atoms with Gasteiger partial charge in [0.1, 0.15) is 17.5 Å². The van der Waals surface area contributed by atoms with Gasteiger partial charge in [-0.15, -0.1) is 0 Å². The maximum atomic E-state index is 15.0. The van der Waals surface area contributed by atoms with Crippen molar-refractivity contribution in [1.29, 1.82) is 0 Å². The van der Waals surface area contributed by atoms with E-state index in [1.165, 1.54) is 0 Å². The monoisotopic (exact) mass is 507 g/mol. The van der Waals surface area contributed by atoms with Crippen LogP contribution < -0.4 is 10.6 Å². The molecule has 2 atom stereocenters. The minimum atomic E-state index is -1.68. The molecule has 2 heterocycles. The molecule has 0 fully saturated rings. The Labute approximate surface area is 211 Å². The third-order valence-corrected chi connectivity index (χ3v) is 7.32. The zero-order chi connectivity index (χ0) is 25.5. The van der Waals surface area contributed by atoms with Crippen LogP contribution in [0.3, 0.4) is 0 Å². The molecule has 0 amide bonds. The molecule has 0 aliphatic heterocycles. The van der Waals surface area contributed by atoms with Crippen LogP contribution in [0.15, 0.2) is 78.1 Å². The topological polar surface area (TPSA) is 79.8 Å². The number of nitrogens with zero attached hydrogens (tertiary/aromatic N) is 3. The molecule has 0 bridgehead atoms. The molecule has 0 aliphatic carbocycles. The molecule has 2 aromatic heterocycles. The average molecular weight is 508 g/mol. The lowest BCUT2D eigenvalue weighted by atomic mass is 10.0. The van der Waals surface area contributed by atoms with E-state index in [2.05, 4.69) is 25.6 Å². The van der Waals surface area contributed by atoms with Crippen molar-refractivity contribution in [2.45, 2.75) is 30.4 Å². The van der Waals surface area contributed by atoms with Gasteiger partial charge in [0.15, 0.2) is 0 Å². The van der Waals surface area contributed by atoms with Crippen LogP contribution in [0.5, 0.6) is 0 Å². The summed E-state index contributed by atoms with van der Waals surface area (Å²) in [6.07, 6.45) is 5.76. The molecule has 36 heavy (non-hydrogen) atoms. The van der Waals surface area contributed by atoms with Gasteiger partial charge in [-0.05, 0) is 73.9 Å². The first-order chi connectivity index (χ1) is 17.4. The summed E-state index contributed by atoms with van der Waals surface area (Å²) in [5.74, 6) is -0.0693. The van der Waals surface area contributed by atoms with Gasteiger partial charge in [0.25, 0.3) is 0 Å². The van der Waals surface area contributed by atoms with E-state index in [0.717, 1.165) is 35.7 Å². The number of halogens is 2. The second-order valence-corrected chi connectivity index (χ2v) is 9.90. The van der Waals surface area contributed by atoms with Crippen LogP contribution in [0.25, 0.3) is 0 Å². The number of nitrogens with one attached hydrogen (secondary N) is 2. The Morgan fingerprint density at radius 3 is 2.36 bits per heavy atom. The number of rotatable bonds is 10. The van der Waals surface area contributed by atoms with Gasteiger partial charge in [0.05, 0.1) is 16.0 Å². The van der Waals surface area contributed by atoms with Crippen LogP contribution in [0.4, 0.5) is 20.5 Å². The Balaban J connectivity index is 1.58. The third kappa shape index (κ3) is 6.28. The quantitative estimate of drug-likeness (QED) is 0.273. The van der Waals surface area contributed by atoms with E-state index in [4.69, 9.17) is 0 Å². The standard InChI is InChI=1S/C27H27F2N5OS/c1-18-5-8-21(9-6-18)36(35)26(23-15-20(28)7-10-24(23)29)22-16-25(34-17-19(22)2)30-11-3-12-31-27-32-13-4-14-33-27/h4-10,13-17,26H,3,11-12H2,1-2H3,(H,30,34)(H,31,32,33). The van der Waals surface area contributed by atoms with Crippen LogP contribution >= 0.6 is 0 Å². The summed E-state index contributed by atoms with van der Waals surface area (Å²) < 4.78 is 42.9. The van der Waals surface area contributed by atoms with E-state index in [0.29, 0.717) is 35.3 Å². The van der Waals surface area contributed by atoms with Crippen molar-refractivity contribution in [3.05, 3.63) is 107 Å². The number of hydrogen-bond acceptors (Lipinski definition) is 6. The highest BCUT2D eigenvalue weighted by Crippen LogP contribution is 2.36. The van der Waals surface area contributed by atoms with Crippen molar-refractivity contribution >= 4 is 22.6 Å². The van der Waals surface area contributed by atoms with E-state index in [9.17, 15) is 13.0 Å².